The van der Waals surface area contributed by atoms with Gasteiger partial charge in [0, 0.05) is 0 Å². The van der Waals surface area contributed by atoms with E-state index in [4.69, 9.17) is 4.74 Å². The van der Waals surface area contributed by atoms with Crippen LogP contribution in [0.3, 0.4) is 0 Å². The zero-order valence-electron chi connectivity index (χ0n) is 9.40. The van der Waals surface area contributed by atoms with Gasteiger partial charge in [-0.25, -0.2) is 4.79 Å². The number of ether oxygens (including phenoxy) is 2. The van der Waals surface area contributed by atoms with Crippen molar-refractivity contribution in [2.45, 2.75) is 26.3 Å². The molecule has 0 spiro atoms. The molecular formula is C10H17N2O3+. The fourth-order valence-corrected chi connectivity index (χ4v) is 1.26. The highest BCUT2D eigenvalue weighted by atomic mass is 16.7. The van der Waals surface area contributed by atoms with Crippen LogP contribution in [0.25, 0.3) is 0 Å². The number of hydrogen-bond acceptors (Lipinski definition) is 3. The van der Waals surface area contributed by atoms with Gasteiger partial charge in [-0.3, -0.25) is 0 Å². The maximum atomic E-state index is 11.0. The number of aromatic nitrogens is 2. The summed E-state index contributed by atoms with van der Waals surface area (Å²) in [6, 6.07) is 0.496. The molecule has 5 nitrogen and oxygen atoms in total. The molecule has 0 amide bonds. The van der Waals surface area contributed by atoms with Gasteiger partial charge in [0.25, 0.3) is 0 Å². The van der Waals surface area contributed by atoms with Gasteiger partial charge in [0.15, 0.2) is 0 Å². The number of nitrogens with zero attached hydrogens (tertiary/aromatic N) is 2. The van der Waals surface area contributed by atoms with Crippen LogP contribution in [0.5, 0.6) is 6.01 Å². The number of rotatable bonds is 4. The molecule has 5 heteroatoms. The molecule has 0 bridgehead atoms. The van der Waals surface area contributed by atoms with Gasteiger partial charge in [-0.05, 0) is 6.42 Å². The van der Waals surface area contributed by atoms with Crippen LogP contribution in [0.1, 0.15) is 19.8 Å². The minimum absolute atomic E-state index is 0.496. The van der Waals surface area contributed by atoms with E-state index >= 15 is 0 Å². The lowest BCUT2D eigenvalue weighted by atomic mass is 10.3. The molecular weight excluding hydrogens is 196 g/mol. The Morgan fingerprint density at radius 1 is 1.60 bits per heavy atom. The Bertz CT molecular complexity index is 333. The van der Waals surface area contributed by atoms with Crippen molar-refractivity contribution in [2.75, 3.05) is 7.11 Å². The fraction of sp³-hybridized carbons (Fsp3) is 0.600. The third-order valence-corrected chi connectivity index (χ3v) is 2.11. The van der Waals surface area contributed by atoms with Gasteiger partial charge < -0.3 is 9.47 Å². The molecule has 0 aliphatic heterocycles. The van der Waals surface area contributed by atoms with Crippen LogP contribution in [0, 0.1) is 0 Å². The van der Waals surface area contributed by atoms with Crippen molar-refractivity contribution in [3.05, 3.63) is 12.4 Å². The van der Waals surface area contributed by atoms with E-state index in [1.165, 1.54) is 7.11 Å². The second-order valence-corrected chi connectivity index (χ2v) is 3.29. The van der Waals surface area contributed by atoms with Gasteiger partial charge in [0.1, 0.15) is 12.4 Å². The number of imidazole rings is 1. The SMILES string of the molecule is CCCCn1cc[n+](C)c1OC(=O)OC. The highest BCUT2D eigenvalue weighted by Gasteiger charge is 2.19. The molecule has 0 N–H and O–H groups in total. The Labute approximate surface area is 89.2 Å². The van der Waals surface area contributed by atoms with E-state index in [-0.39, 0.29) is 0 Å². The predicted octanol–water partition coefficient (Wildman–Crippen LogP) is 1.26. The Balaban J connectivity index is 2.74. The van der Waals surface area contributed by atoms with E-state index in [1.807, 2.05) is 24.0 Å². The molecule has 15 heavy (non-hydrogen) atoms. The highest BCUT2D eigenvalue weighted by molar-refractivity contribution is 5.61. The molecule has 0 unspecified atom stereocenters. The number of hydrogen-bond donors (Lipinski definition) is 0. The molecule has 0 aliphatic carbocycles. The van der Waals surface area contributed by atoms with Gasteiger partial charge in [-0.15, -0.1) is 0 Å². The minimum atomic E-state index is -0.693. The summed E-state index contributed by atoms with van der Waals surface area (Å²) < 4.78 is 13.1. The predicted molar refractivity (Wildman–Crippen MR) is 53.5 cm³/mol. The molecule has 0 fully saturated rings. The van der Waals surface area contributed by atoms with Crippen molar-refractivity contribution in [3.63, 3.8) is 0 Å². The van der Waals surface area contributed by atoms with Crippen molar-refractivity contribution >= 4 is 6.16 Å². The summed E-state index contributed by atoms with van der Waals surface area (Å²) in [7, 11) is 3.11. The topological polar surface area (TPSA) is 44.3 Å². The Morgan fingerprint density at radius 2 is 2.33 bits per heavy atom. The molecule has 0 radical (unpaired) electrons. The normalized spacial score (nSPS) is 10.1. The van der Waals surface area contributed by atoms with Gasteiger partial charge in [-0.2, -0.15) is 9.13 Å². The van der Waals surface area contributed by atoms with E-state index in [2.05, 4.69) is 11.7 Å². The van der Waals surface area contributed by atoms with Crippen molar-refractivity contribution in [1.82, 2.24) is 4.57 Å². The fourth-order valence-electron chi connectivity index (χ4n) is 1.26. The first-order valence-corrected chi connectivity index (χ1v) is 4.99. The lowest BCUT2D eigenvalue weighted by molar-refractivity contribution is -0.675. The van der Waals surface area contributed by atoms with Crippen LogP contribution in [-0.2, 0) is 18.3 Å². The third-order valence-electron chi connectivity index (χ3n) is 2.11. The van der Waals surface area contributed by atoms with Crippen LogP contribution in [-0.4, -0.2) is 17.8 Å². The maximum absolute atomic E-state index is 11.0. The van der Waals surface area contributed by atoms with E-state index in [0.29, 0.717) is 6.01 Å². The van der Waals surface area contributed by atoms with E-state index < -0.39 is 6.16 Å². The zero-order valence-corrected chi connectivity index (χ0v) is 9.40. The molecule has 1 rings (SSSR count). The smallest absolute Gasteiger partial charge is 0.437 e. The average molecular weight is 213 g/mol. The van der Waals surface area contributed by atoms with E-state index in [1.54, 1.807) is 4.57 Å². The second-order valence-electron chi connectivity index (χ2n) is 3.29. The molecule has 84 valence electrons. The zero-order chi connectivity index (χ0) is 11.3. The number of unbranched alkanes of at least 4 members (excludes halogenated alkanes) is 1. The first-order valence-electron chi connectivity index (χ1n) is 4.99. The maximum Gasteiger partial charge on any atom is 0.518 e. The molecule has 0 aliphatic rings. The third kappa shape index (κ3) is 2.97. The standard InChI is InChI=1S/C10H17N2O3/c1-4-5-6-12-8-7-11(2)9(12)15-10(13)14-3/h7-8H,4-6H2,1-3H3/q+1. The average Bonchev–Trinajstić information content (AvgIpc) is 2.57. The van der Waals surface area contributed by atoms with Crippen molar-refractivity contribution in [2.24, 2.45) is 7.05 Å². The largest absolute Gasteiger partial charge is 0.518 e. The second kappa shape index (κ2) is 5.38. The van der Waals surface area contributed by atoms with E-state index in [9.17, 15) is 4.79 Å². The van der Waals surface area contributed by atoms with Crippen LogP contribution < -0.4 is 9.30 Å². The Kier molecular flexibility index (Phi) is 4.15. The van der Waals surface area contributed by atoms with E-state index in [0.717, 1.165) is 19.4 Å². The van der Waals surface area contributed by atoms with Gasteiger partial charge in [0.2, 0.25) is 0 Å². The molecule has 0 atom stereocenters. The quantitative estimate of drug-likeness (QED) is 0.558. The molecule has 0 saturated carbocycles. The summed E-state index contributed by atoms with van der Waals surface area (Å²) in [5, 5.41) is 0. The van der Waals surface area contributed by atoms with Gasteiger partial charge >= 0.3 is 12.2 Å². The molecule has 0 aromatic carbocycles. The molecule has 1 heterocycles. The summed E-state index contributed by atoms with van der Waals surface area (Å²) in [5.41, 5.74) is 0. The lowest BCUT2D eigenvalue weighted by Crippen LogP contribution is -2.30. The summed E-state index contributed by atoms with van der Waals surface area (Å²) in [6.07, 6.45) is 5.18. The monoisotopic (exact) mass is 213 g/mol. The lowest BCUT2D eigenvalue weighted by Gasteiger charge is -2.01. The Hall–Kier alpha value is -1.52. The van der Waals surface area contributed by atoms with Crippen LogP contribution in [0.15, 0.2) is 12.4 Å². The summed E-state index contributed by atoms with van der Waals surface area (Å²) in [5.74, 6) is 0. The molecule has 1 aromatic rings. The Morgan fingerprint density at radius 3 is 2.93 bits per heavy atom. The number of carbonyl (C=O) groups is 1. The van der Waals surface area contributed by atoms with Crippen molar-refractivity contribution < 1.29 is 18.8 Å². The summed E-state index contributed by atoms with van der Waals surface area (Å²) in [6.45, 7) is 2.95. The number of aryl methyl sites for hydroxylation is 2. The summed E-state index contributed by atoms with van der Waals surface area (Å²) in [4.78, 5) is 11.0. The first kappa shape index (κ1) is 11.6. The van der Waals surface area contributed by atoms with Gasteiger partial charge in [-0.1, -0.05) is 13.3 Å². The first-order chi connectivity index (χ1) is 7.19. The molecule has 1 aromatic heterocycles. The summed E-state index contributed by atoms with van der Waals surface area (Å²) >= 11 is 0. The highest BCUT2D eigenvalue weighted by Crippen LogP contribution is 2.07. The number of methoxy groups -OCH3 is 1. The van der Waals surface area contributed by atoms with Crippen molar-refractivity contribution in [3.8, 4) is 6.01 Å². The number of carbonyl (C=O) groups excluding carboxylic acids is 1. The van der Waals surface area contributed by atoms with Crippen LogP contribution in [0.2, 0.25) is 0 Å². The minimum Gasteiger partial charge on any atom is -0.437 e. The van der Waals surface area contributed by atoms with Crippen LogP contribution in [0.4, 0.5) is 4.79 Å². The van der Waals surface area contributed by atoms with Crippen LogP contribution >= 0.6 is 0 Å². The van der Waals surface area contributed by atoms with Crippen molar-refractivity contribution in [1.29, 1.82) is 0 Å². The van der Waals surface area contributed by atoms with Gasteiger partial charge in [0.05, 0.1) is 20.7 Å². The molecule has 0 saturated heterocycles.